The van der Waals surface area contributed by atoms with E-state index in [1.54, 1.807) is 0 Å². The van der Waals surface area contributed by atoms with E-state index in [0.29, 0.717) is 13.2 Å². The van der Waals surface area contributed by atoms with Crippen LogP contribution in [0.2, 0.25) is 0 Å². The molecule has 0 N–H and O–H groups in total. The lowest BCUT2D eigenvalue weighted by Gasteiger charge is -2.07. The first-order chi connectivity index (χ1) is 14.4. The van der Waals surface area contributed by atoms with Gasteiger partial charge in [-0.25, -0.2) is 0 Å². The van der Waals surface area contributed by atoms with Crippen LogP contribution in [0.5, 0.6) is 0 Å². The van der Waals surface area contributed by atoms with E-state index in [4.69, 9.17) is 14.2 Å². The van der Waals surface area contributed by atoms with Crippen LogP contribution in [0.4, 0.5) is 0 Å². The zero-order chi connectivity index (χ0) is 21.1. The topological polar surface area (TPSA) is 27.7 Å². The van der Waals surface area contributed by atoms with Crippen LogP contribution < -0.4 is 0 Å². The summed E-state index contributed by atoms with van der Waals surface area (Å²) in [5, 5.41) is 0. The molecule has 0 aromatic carbocycles. The first-order valence-corrected chi connectivity index (χ1v) is 13.1. The molecular weight excluding hydrogens is 360 g/mol. The van der Waals surface area contributed by atoms with Gasteiger partial charge in [0.2, 0.25) is 0 Å². The normalized spacial score (nSPS) is 11.4. The van der Waals surface area contributed by atoms with E-state index in [1.165, 1.54) is 116 Å². The molecule has 3 nitrogen and oxygen atoms in total. The molecule has 29 heavy (non-hydrogen) atoms. The molecule has 0 atom stereocenters. The monoisotopic (exact) mass is 414 g/mol. The summed E-state index contributed by atoms with van der Waals surface area (Å²) in [5.74, 6) is 0. The highest BCUT2D eigenvalue weighted by Gasteiger charge is 1.95. The van der Waals surface area contributed by atoms with E-state index in [0.717, 1.165) is 26.4 Å². The zero-order valence-corrected chi connectivity index (χ0v) is 20.2. The number of rotatable bonds is 26. The van der Waals surface area contributed by atoms with Crippen molar-refractivity contribution in [2.75, 3.05) is 39.6 Å². The van der Waals surface area contributed by atoms with Crippen molar-refractivity contribution in [3.8, 4) is 0 Å². The van der Waals surface area contributed by atoms with Crippen LogP contribution in [0.25, 0.3) is 0 Å². The molecule has 0 radical (unpaired) electrons. The highest BCUT2D eigenvalue weighted by atomic mass is 16.5. The Labute approximate surface area is 183 Å². The summed E-state index contributed by atoms with van der Waals surface area (Å²) >= 11 is 0. The lowest BCUT2D eigenvalue weighted by molar-refractivity contribution is 0.0132. The second-order valence-electron chi connectivity index (χ2n) is 8.49. The Kier molecular flexibility index (Phi) is 27.8. The maximum absolute atomic E-state index is 5.64. The van der Waals surface area contributed by atoms with Gasteiger partial charge >= 0.3 is 0 Å². The molecule has 0 saturated heterocycles. The lowest BCUT2D eigenvalue weighted by atomic mass is 10.1. The van der Waals surface area contributed by atoms with Gasteiger partial charge in [0.1, 0.15) is 0 Å². The summed E-state index contributed by atoms with van der Waals surface area (Å²) in [7, 11) is 0. The second-order valence-corrected chi connectivity index (χ2v) is 8.49. The van der Waals surface area contributed by atoms with Gasteiger partial charge in [-0.3, -0.25) is 0 Å². The molecule has 176 valence electrons. The maximum atomic E-state index is 5.64. The largest absolute Gasteiger partial charge is 0.379 e. The average molecular weight is 415 g/mol. The molecule has 0 fully saturated rings. The van der Waals surface area contributed by atoms with Crippen molar-refractivity contribution < 1.29 is 14.2 Å². The Morgan fingerprint density at radius 3 is 0.828 bits per heavy atom. The zero-order valence-electron chi connectivity index (χ0n) is 20.2. The van der Waals surface area contributed by atoms with Gasteiger partial charge in [-0.15, -0.1) is 0 Å². The van der Waals surface area contributed by atoms with Crippen molar-refractivity contribution in [3.63, 3.8) is 0 Å². The van der Waals surface area contributed by atoms with Crippen LogP contribution in [-0.4, -0.2) is 39.6 Å². The fraction of sp³-hybridized carbons (Fsp3) is 1.00. The average Bonchev–Trinajstić information content (AvgIpc) is 2.74. The molecule has 0 unspecified atom stereocenters. The Morgan fingerprint density at radius 2 is 0.517 bits per heavy atom. The lowest BCUT2D eigenvalue weighted by Crippen LogP contribution is -2.10. The SMILES string of the molecule is CCCCCCCCCCCOCCOCCOCCCCCCCCCCC. The van der Waals surface area contributed by atoms with E-state index in [2.05, 4.69) is 13.8 Å². The summed E-state index contributed by atoms with van der Waals surface area (Å²) in [5.41, 5.74) is 0. The van der Waals surface area contributed by atoms with Crippen molar-refractivity contribution in [2.45, 2.75) is 129 Å². The van der Waals surface area contributed by atoms with Gasteiger partial charge in [0.05, 0.1) is 26.4 Å². The van der Waals surface area contributed by atoms with Crippen molar-refractivity contribution >= 4 is 0 Å². The molecular formula is C26H54O3. The second kappa shape index (κ2) is 27.9. The van der Waals surface area contributed by atoms with E-state index in [9.17, 15) is 0 Å². The van der Waals surface area contributed by atoms with Crippen LogP contribution in [0.1, 0.15) is 129 Å². The molecule has 0 aromatic rings. The van der Waals surface area contributed by atoms with Crippen LogP contribution in [0, 0.1) is 0 Å². The molecule has 0 aliphatic rings. The Balaban J connectivity index is 2.97. The first kappa shape index (κ1) is 28.9. The van der Waals surface area contributed by atoms with E-state index in [-0.39, 0.29) is 0 Å². The molecule has 0 aromatic heterocycles. The van der Waals surface area contributed by atoms with Gasteiger partial charge in [-0.2, -0.15) is 0 Å². The number of ether oxygens (including phenoxy) is 3. The van der Waals surface area contributed by atoms with E-state index >= 15 is 0 Å². The van der Waals surface area contributed by atoms with Crippen molar-refractivity contribution in [3.05, 3.63) is 0 Å². The molecule has 0 heterocycles. The van der Waals surface area contributed by atoms with Gasteiger partial charge in [-0.05, 0) is 12.8 Å². The maximum Gasteiger partial charge on any atom is 0.0701 e. The molecule has 0 spiro atoms. The number of hydrogen-bond donors (Lipinski definition) is 0. The van der Waals surface area contributed by atoms with Crippen LogP contribution >= 0.6 is 0 Å². The minimum absolute atomic E-state index is 0.693. The van der Waals surface area contributed by atoms with Gasteiger partial charge in [0, 0.05) is 13.2 Å². The van der Waals surface area contributed by atoms with Crippen LogP contribution in [0.15, 0.2) is 0 Å². The Bertz CT molecular complexity index is 245. The van der Waals surface area contributed by atoms with Crippen LogP contribution in [-0.2, 0) is 14.2 Å². The molecule has 0 rings (SSSR count). The first-order valence-electron chi connectivity index (χ1n) is 13.1. The van der Waals surface area contributed by atoms with Crippen molar-refractivity contribution in [2.24, 2.45) is 0 Å². The Morgan fingerprint density at radius 1 is 0.276 bits per heavy atom. The van der Waals surface area contributed by atoms with Crippen LogP contribution in [0.3, 0.4) is 0 Å². The smallest absolute Gasteiger partial charge is 0.0701 e. The molecule has 3 heteroatoms. The predicted molar refractivity (Wildman–Crippen MR) is 127 cm³/mol. The van der Waals surface area contributed by atoms with Gasteiger partial charge in [0.15, 0.2) is 0 Å². The minimum Gasteiger partial charge on any atom is -0.379 e. The fourth-order valence-corrected chi connectivity index (χ4v) is 3.57. The summed E-state index contributed by atoms with van der Waals surface area (Å²) in [6, 6.07) is 0. The third-order valence-electron chi connectivity index (χ3n) is 5.53. The Hall–Kier alpha value is -0.120. The highest BCUT2D eigenvalue weighted by Crippen LogP contribution is 2.10. The van der Waals surface area contributed by atoms with E-state index < -0.39 is 0 Å². The molecule has 0 aliphatic carbocycles. The molecule has 0 bridgehead atoms. The summed E-state index contributed by atoms with van der Waals surface area (Å²) < 4.78 is 16.8. The molecule has 0 aliphatic heterocycles. The fourth-order valence-electron chi connectivity index (χ4n) is 3.57. The van der Waals surface area contributed by atoms with Crippen molar-refractivity contribution in [1.82, 2.24) is 0 Å². The molecule has 0 amide bonds. The quantitative estimate of drug-likeness (QED) is 0.134. The van der Waals surface area contributed by atoms with E-state index in [1.807, 2.05) is 0 Å². The summed E-state index contributed by atoms with van der Waals surface area (Å²) in [6.07, 6.45) is 24.5. The van der Waals surface area contributed by atoms with Gasteiger partial charge in [-0.1, -0.05) is 117 Å². The standard InChI is InChI=1S/C26H54O3/c1-3-5-7-9-11-13-15-17-19-21-27-23-25-29-26-24-28-22-20-18-16-14-12-10-8-6-4-2/h3-26H2,1-2H3. The summed E-state index contributed by atoms with van der Waals surface area (Å²) in [4.78, 5) is 0. The third kappa shape index (κ3) is 27.9. The predicted octanol–water partition coefficient (Wildman–Crippen LogP) is 8.10. The minimum atomic E-state index is 0.693. The number of unbranched alkanes of at least 4 members (excludes halogenated alkanes) is 16. The highest BCUT2D eigenvalue weighted by molar-refractivity contribution is 4.48. The third-order valence-corrected chi connectivity index (χ3v) is 5.53. The summed E-state index contributed by atoms with van der Waals surface area (Å²) in [6.45, 7) is 9.14. The molecule has 0 saturated carbocycles. The number of hydrogen-bond acceptors (Lipinski definition) is 3. The van der Waals surface area contributed by atoms with Gasteiger partial charge < -0.3 is 14.2 Å². The van der Waals surface area contributed by atoms with Crippen molar-refractivity contribution in [1.29, 1.82) is 0 Å². The van der Waals surface area contributed by atoms with Gasteiger partial charge in [0.25, 0.3) is 0 Å².